The lowest BCUT2D eigenvalue weighted by Gasteiger charge is -2.40. The van der Waals surface area contributed by atoms with Crippen LogP contribution in [-0.4, -0.2) is 34.1 Å². The summed E-state index contributed by atoms with van der Waals surface area (Å²) >= 11 is 0. The van der Waals surface area contributed by atoms with E-state index in [0.29, 0.717) is 31.7 Å². The number of carboxylic acid groups (broad SMARTS) is 1. The third kappa shape index (κ3) is 2.62. The number of piperidine rings is 1. The van der Waals surface area contributed by atoms with E-state index in [2.05, 4.69) is 9.97 Å². The summed E-state index contributed by atoms with van der Waals surface area (Å²) in [7, 11) is 0. The minimum Gasteiger partial charge on any atom is -0.481 e. The Bertz CT molecular complexity index is 510. The van der Waals surface area contributed by atoms with Crippen molar-refractivity contribution >= 4 is 11.8 Å². The summed E-state index contributed by atoms with van der Waals surface area (Å²) in [5, 5.41) is 9.52. The van der Waals surface area contributed by atoms with E-state index in [4.69, 9.17) is 0 Å². The molecule has 0 saturated carbocycles. The predicted molar refractivity (Wildman–Crippen MR) is 71.3 cm³/mol. The van der Waals surface area contributed by atoms with E-state index >= 15 is 0 Å². The molecule has 2 heterocycles. The normalized spacial score (nSPS) is 23.3. The maximum atomic E-state index is 11.8. The van der Waals surface area contributed by atoms with E-state index in [1.807, 2.05) is 6.92 Å². The fourth-order valence-electron chi connectivity index (χ4n) is 2.85. The first-order valence-corrected chi connectivity index (χ1v) is 6.61. The molecule has 0 spiro atoms. The van der Waals surface area contributed by atoms with Gasteiger partial charge in [-0.3, -0.25) is 9.59 Å². The zero-order valence-corrected chi connectivity index (χ0v) is 11.1. The molecule has 19 heavy (non-hydrogen) atoms. The van der Waals surface area contributed by atoms with E-state index in [9.17, 15) is 14.7 Å². The third-order valence-electron chi connectivity index (χ3n) is 3.75. The standard InChI is InChI=1S/C13H19N3O3/c1-2-4-13(12(18)19)5-3-8-16(9-13)10-11(17)15-7-6-14-10/h6-7H,2-5,8-9H2,1H3,(H,15,17)(H,18,19). The Morgan fingerprint density at radius 2 is 2.42 bits per heavy atom. The third-order valence-corrected chi connectivity index (χ3v) is 3.75. The minimum atomic E-state index is -0.772. The van der Waals surface area contributed by atoms with Gasteiger partial charge in [0.15, 0.2) is 5.82 Å². The van der Waals surface area contributed by atoms with Crippen LogP contribution < -0.4 is 10.5 Å². The van der Waals surface area contributed by atoms with Gasteiger partial charge in [-0.15, -0.1) is 0 Å². The zero-order valence-electron chi connectivity index (χ0n) is 11.1. The van der Waals surface area contributed by atoms with Gasteiger partial charge in [-0.1, -0.05) is 13.3 Å². The van der Waals surface area contributed by atoms with Crippen molar-refractivity contribution in [1.82, 2.24) is 9.97 Å². The van der Waals surface area contributed by atoms with Gasteiger partial charge in [0.1, 0.15) is 0 Å². The molecule has 0 bridgehead atoms. The smallest absolute Gasteiger partial charge is 0.311 e. The van der Waals surface area contributed by atoms with E-state index in [1.165, 1.54) is 12.4 Å². The molecule has 1 aromatic rings. The summed E-state index contributed by atoms with van der Waals surface area (Å²) in [5.74, 6) is -0.449. The fraction of sp³-hybridized carbons (Fsp3) is 0.615. The summed E-state index contributed by atoms with van der Waals surface area (Å²) in [6, 6.07) is 0. The summed E-state index contributed by atoms with van der Waals surface area (Å²) in [6.45, 7) is 3.02. The number of aliphatic carboxylic acids is 1. The molecule has 0 aromatic carbocycles. The molecule has 6 nitrogen and oxygen atoms in total. The molecule has 1 fully saturated rings. The van der Waals surface area contributed by atoms with Gasteiger partial charge in [0.05, 0.1) is 5.41 Å². The molecule has 1 aliphatic heterocycles. The van der Waals surface area contributed by atoms with Gasteiger partial charge in [-0.25, -0.2) is 4.98 Å². The molecular formula is C13H19N3O3. The van der Waals surface area contributed by atoms with Crippen LogP contribution in [-0.2, 0) is 4.79 Å². The van der Waals surface area contributed by atoms with Crippen molar-refractivity contribution in [3.05, 3.63) is 22.7 Å². The van der Waals surface area contributed by atoms with Crippen molar-refractivity contribution in [2.24, 2.45) is 5.41 Å². The van der Waals surface area contributed by atoms with Gasteiger partial charge in [0, 0.05) is 25.5 Å². The lowest BCUT2D eigenvalue weighted by atomic mass is 9.76. The Morgan fingerprint density at radius 1 is 1.63 bits per heavy atom. The maximum Gasteiger partial charge on any atom is 0.311 e. The quantitative estimate of drug-likeness (QED) is 0.855. The first kappa shape index (κ1) is 13.6. The van der Waals surface area contributed by atoms with Crippen LogP contribution in [0.1, 0.15) is 32.6 Å². The van der Waals surface area contributed by atoms with Crippen molar-refractivity contribution in [3.8, 4) is 0 Å². The molecule has 0 aliphatic carbocycles. The average molecular weight is 265 g/mol. The molecule has 2 N–H and O–H groups in total. The first-order chi connectivity index (χ1) is 9.09. The van der Waals surface area contributed by atoms with E-state index in [1.54, 1.807) is 4.90 Å². The number of H-pyrrole nitrogens is 1. The van der Waals surface area contributed by atoms with Crippen LogP contribution >= 0.6 is 0 Å². The van der Waals surface area contributed by atoms with E-state index in [0.717, 1.165) is 12.8 Å². The van der Waals surface area contributed by atoms with Gasteiger partial charge in [0.2, 0.25) is 0 Å². The van der Waals surface area contributed by atoms with Crippen LogP contribution in [0.5, 0.6) is 0 Å². The first-order valence-electron chi connectivity index (χ1n) is 6.61. The van der Waals surface area contributed by atoms with Crippen LogP contribution in [0, 0.1) is 5.41 Å². The number of nitrogens with one attached hydrogen (secondary N) is 1. The Morgan fingerprint density at radius 3 is 3.05 bits per heavy atom. The van der Waals surface area contributed by atoms with Gasteiger partial charge in [0.25, 0.3) is 5.56 Å². The highest BCUT2D eigenvalue weighted by Crippen LogP contribution is 2.35. The summed E-state index contributed by atoms with van der Waals surface area (Å²) < 4.78 is 0. The molecule has 1 aliphatic rings. The number of aromatic amines is 1. The van der Waals surface area contributed by atoms with Crippen molar-refractivity contribution in [2.45, 2.75) is 32.6 Å². The van der Waals surface area contributed by atoms with Crippen LogP contribution in [0.25, 0.3) is 0 Å². The highest BCUT2D eigenvalue weighted by Gasteiger charge is 2.42. The molecular weight excluding hydrogens is 246 g/mol. The lowest BCUT2D eigenvalue weighted by Crippen LogP contribution is -2.49. The Kier molecular flexibility index (Phi) is 3.87. The van der Waals surface area contributed by atoms with Gasteiger partial charge < -0.3 is 15.0 Å². The number of hydrogen-bond donors (Lipinski definition) is 2. The van der Waals surface area contributed by atoms with Crippen LogP contribution in [0.15, 0.2) is 17.2 Å². The minimum absolute atomic E-state index is 0.264. The molecule has 1 atom stereocenters. The van der Waals surface area contributed by atoms with Crippen molar-refractivity contribution in [3.63, 3.8) is 0 Å². The van der Waals surface area contributed by atoms with Crippen LogP contribution in [0.2, 0.25) is 0 Å². The van der Waals surface area contributed by atoms with E-state index < -0.39 is 11.4 Å². The second-order valence-corrected chi connectivity index (χ2v) is 5.10. The topological polar surface area (TPSA) is 86.3 Å². The van der Waals surface area contributed by atoms with Gasteiger partial charge in [-0.2, -0.15) is 0 Å². The number of nitrogens with zero attached hydrogens (tertiary/aromatic N) is 2. The molecule has 1 aromatic heterocycles. The molecule has 0 radical (unpaired) electrons. The highest BCUT2D eigenvalue weighted by molar-refractivity contribution is 5.76. The van der Waals surface area contributed by atoms with Crippen LogP contribution in [0.3, 0.4) is 0 Å². The van der Waals surface area contributed by atoms with E-state index in [-0.39, 0.29) is 5.56 Å². The number of carboxylic acids is 1. The number of carbonyl (C=O) groups is 1. The van der Waals surface area contributed by atoms with Gasteiger partial charge >= 0.3 is 5.97 Å². The second-order valence-electron chi connectivity index (χ2n) is 5.10. The molecule has 1 unspecified atom stereocenters. The fourth-order valence-corrected chi connectivity index (χ4v) is 2.85. The zero-order chi connectivity index (χ0) is 13.9. The monoisotopic (exact) mass is 265 g/mol. The van der Waals surface area contributed by atoms with Gasteiger partial charge in [-0.05, 0) is 19.3 Å². The van der Waals surface area contributed by atoms with Crippen molar-refractivity contribution in [1.29, 1.82) is 0 Å². The number of anilines is 1. The van der Waals surface area contributed by atoms with Crippen molar-refractivity contribution < 1.29 is 9.90 Å². The Labute approximate surface area is 111 Å². The SMILES string of the molecule is CCCC1(C(=O)O)CCCN(c2ncc[nH]c2=O)C1. The molecule has 1 saturated heterocycles. The molecule has 0 amide bonds. The lowest BCUT2D eigenvalue weighted by molar-refractivity contribution is -0.150. The summed E-state index contributed by atoms with van der Waals surface area (Å²) in [5.41, 5.74) is -1.02. The Hall–Kier alpha value is -1.85. The maximum absolute atomic E-state index is 11.8. The molecule has 104 valence electrons. The second kappa shape index (κ2) is 5.42. The van der Waals surface area contributed by atoms with Crippen LogP contribution in [0.4, 0.5) is 5.82 Å². The molecule has 6 heteroatoms. The summed E-state index contributed by atoms with van der Waals surface area (Å²) in [6.07, 6.45) is 5.88. The molecule has 2 rings (SSSR count). The summed E-state index contributed by atoms with van der Waals surface area (Å²) in [4.78, 5) is 31.8. The van der Waals surface area contributed by atoms with Crippen molar-refractivity contribution in [2.75, 3.05) is 18.0 Å². The average Bonchev–Trinajstić information content (AvgIpc) is 2.39. The Balaban J connectivity index is 2.28. The highest BCUT2D eigenvalue weighted by atomic mass is 16.4. The number of hydrogen-bond acceptors (Lipinski definition) is 4. The number of aromatic nitrogens is 2. The largest absolute Gasteiger partial charge is 0.481 e. The number of rotatable bonds is 4. The predicted octanol–water partition coefficient (Wildman–Crippen LogP) is 1.24.